The van der Waals surface area contributed by atoms with E-state index in [0.29, 0.717) is 19.3 Å². The lowest BCUT2D eigenvalue weighted by molar-refractivity contribution is -0.154. The van der Waals surface area contributed by atoms with Crippen molar-refractivity contribution in [2.75, 3.05) is 0 Å². The van der Waals surface area contributed by atoms with Crippen molar-refractivity contribution in [3.8, 4) is 0 Å². The van der Waals surface area contributed by atoms with E-state index in [1.165, 1.54) is 0 Å². The first-order chi connectivity index (χ1) is 6.34. The van der Waals surface area contributed by atoms with E-state index in [9.17, 15) is 9.59 Å². The second-order valence-electron chi connectivity index (χ2n) is 4.70. The van der Waals surface area contributed by atoms with Crippen molar-refractivity contribution in [3.63, 3.8) is 0 Å². The van der Waals surface area contributed by atoms with Crippen molar-refractivity contribution in [3.05, 3.63) is 0 Å². The van der Waals surface area contributed by atoms with E-state index in [-0.39, 0.29) is 5.92 Å². The predicted molar refractivity (Wildman–Crippen MR) is 49.9 cm³/mol. The van der Waals surface area contributed by atoms with Gasteiger partial charge in [-0.15, -0.1) is 0 Å². The molecule has 2 atom stereocenters. The first-order valence-electron chi connectivity index (χ1n) is 4.80. The third-order valence-electron chi connectivity index (χ3n) is 3.17. The fraction of sp³-hybridized carbons (Fsp3) is 0.800. The minimum atomic E-state index is -0.807. The Labute approximate surface area is 82.9 Å². The van der Waals surface area contributed by atoms with Crippen molar-refractivity contribution in [2.45, 2.75) is 33.1 Å². The summed E-state index contributed by atoms with van der Waals surface area (Å²) in [4.78, 5) is 21.7. The van der Waals surface area contributed by atoms with Crippen LogP contribution in [0.5, 0.6) is 0 Å². The molecule has 1 saturated carbocycles. The van der Waals surface area contributed by atoms with Crippen LogP contribution in [0.3, 0.4) is 0 Å². The molecule has 14 heavy (non-hydrogen) atoms. The average Bonchev–Trinajstić information content (AvgIpc) is 2.01. The SMILES string of the molecule is CC1(C)CC(C(=O)O)CCC1C(=O)O. The van der Waals surface area contributed by atoms with Crippen LogP contribution in [0.1, 0.15) is 33.1 Å². The summed E-state index contributed by atoms with van der Waals surface area (Å²) in [5.74, 6) is -2.39. The van der Waals surface area contributed by atoms with Crippen LogP contribution in [0.4, 0.5) is 0 Å². The molecule has 0 aliphatic heterocycles. The van der Waals surface area contributed by atoms with Crippen LogP contribution in [0.25, 0.3) is 0 Å². The Bertz CT molecular complexity index is 257. The Kier molecular flexibility index (Phi) is 2.83. The zero-order valence-electron chi connectivity index (χ0n) is 8.49. The molecule has 4 nitrogen and oxygen atoms in total. The number of hydrogen-bond acceptors (Lipinski definition) is 2. The molecule has 0 heterocycles. The van der Waals surface area contributed by atoms with Crippen molar-refractivity contribution >= 4 is 11.9 Å². The summed E-state index contributed by atoms with van der Waals surface area (Å²) in [7, 11) is 0. The minimum absolute atomic E-state index is 0.374. The van der Waals surface area contributed by atoms with E-state index >= 15 is 0 Å². The number of carbonyl (C=O) groups is 2. The lowest BCUT2D eigenvalue weighted by Gasteiger charge is -2.38. The molecule has 0 aromatic rings. The molecule has 1 fully saturated rings. The molecule has 2 N–H and O–H groups in total. The Morgan fingerprint density at radius 3 is 2.07 bits per heavy atom. The van der Waals surface area contributed by atoms with Crippen LogP contribution < -0.4 is 0 Å². The number of rotatable bonds is 2. The zero-order chi connectivity index (χ0) is 10.9. The van der Waals surface area contributed by atoms with Gasteiger partial charge in [0.2, 0.25) is 0 Å². The van der Waals surface area contributed by atoms with Gasteiger partial charge in [-0.1, -0.05) is 13.8 Å². The van der Waals surface area contributed by atoms with Crippen LogP contribution in [-0.4, -0.2) is 22.2 Å². The van der Waals surface area contributed by atoms with E-state index in [4.69, 9.17) is 10.2 Å². The van der Waals surface area contributed by atoms with E-state index in [0.717, 1.165) is 0 Å². The average molecular weight is 200 g/mol. The first kappa shape index (κ1) is 11.0. The molecule has 0 saturated heterocycles. The molecule has 80 valence electrons. The van der Waals surface area contributed by atoms with Crippen LogP contribution in [-0.2, 0) is 9.59 Å². The zero-order valence-corrected chi connectivity index (χ0v) is 8.49. The summed E-state index contributed by atoms with van der Waals surface area (Å²) >= 11 is 0. The quantitative estimate of drug-likeness (QED) is 0.710. The molecular formula is C10H16O4. The van der Waals surface area contributed by atoms with Gasteiger partial charge in [0.05, 0.1) is 11.8 Å². The van der Waals surface area contributed by atoms with Gasteiger partial charge in [0.25, 0.3) is 0 Å². The highest BCUT2D eigenvalue weighted by molar-refractivity contribution is 5.73. The topological polar surface area (TPSA) is 74.6 Å². The molecular weight excluding hydrogens is 184 g/mol. The van der Waals surface area contributed by atoms with E-state index < -0.39 is 23.3 Å². The van der Waals surface area contributed by atoms with Crippen molar-refractivity contribution in [1.82, 2.24) is 0 Å². The molecule has 0 bridgehead atoms. The Balaban J connectivity index is 2.75. The van der Waals surface area contributed by atoms with Gasteiger partial charge < -0.3 is 10.2 Å². The summed E-state index contributed by atoms with van der Waals surface area (Å²) in [6.07, 6.45) is 1.41. The molecule has 1 aliphatic rings. The Hall–Kier alpha value is -1.06. The summed E-state index contributed by atoms with van der Waals surface area (Å²) in [6, 6.07) is 0. The van der Waals surface area contributed by atoms with Gasteiger partial charge in [0.1, 0.15) is 0 Å². The highest BCUT2D eigenvalue weighted by Crippen LogP contribution is 2.43. The molecule has 2 unspecified atom stereocenters. The van der Waals surface area contributed by atoms with E-state index in [1.807, 2.05) is 13.8 Å². The maximum atomic E-state index is 10.9. The van der Waals surface area contributed by atoms with Crippen molar-refractivity contribution in [2.24, 2.45) is 17.3 Å². The third kappa shape index (κ3) is 2.05. The predicted octanol–water partition coefficient (Wildman–Crippen LogP) is 1.60. The largest absolute Gasteiger partial charge is 0.481 e. The van der Waals surface area contributed by atoms with E-state index in [2.05, 4.69) is 0 Å². The summed E-state index contributed by atoms with van der Waals surface area (Å²) in [6.45, 7) is 3.67. The first-order valence-corrected chi connectivity index (χ1v) is 4.80. The van der Waals surface area contributed by atoms with Crippen molar-refractivity contribution < 1.29 is 19.8 Å². The minimum Gasteiger partial charge on any atom is -0.481 e. The van der Waals surface area contributed by atoms with E-state index in [1.54, 1.807) is 0 Å². The van der Waals surface area contributed by atoms with Gasteiger partial charge in [-0.05, 0) is 24.7 Å². The summed E-state index contributed by atoms with van der Waals surface area (Å²) in [5.41, 5.74) is -0.410. The summed E-state index contributed by atoms with van der Waals surface area (Å²) < 4.78 is 0. The molecule has 0 aromatic heterocycles. The second-order valence-corrected chi connectivity index (χ2v) is 4.70. The number of carboxylic acids is 2. The smallest absolute Gasteiger partial charge is 0.307 e. The van der Waals surface area contributed by atoms with Crippen molar-refractivity contribution in [1.29, 1.82) is 0 Å². The molecule has 0 amide bonds. The molecule has 0 aromatic carbocycles. The standard InChI is InChI=1S/C10H16O4/c1-10(2)5-6(8(11)12)3-4-7(10)9(13)14/h6-7H,3-5H2,1-2H3,(H,11,12)(H,13,14). The Morgan fingerprint density at radius 2 is 1.71 bits per heavy atom. The maximum absolute atomic E-state index is 10.9. The van der Waals surface area contributed by atoms with Gasteiger partial charge in [0.15, 0.2) is 0 Å². The van der Waals surface area contributed by atoms with Gasteiger partial charge >= 0.3 is 11.9 Å². The maximum Gasteiger partial charge on any atom is 0.307 e. The molecule has 0 radical (unpaired) electrons. The third-order valence-corrected chi connectivity index (χ3v) is 3.17. The fourth-order valence-electron chi connectivity index (χ4n) is 2.31. The molecule has 4 heteroatoms. The summed E-state index contributed by atoms with van der Waals surface area (Å²) in [5, 5.41) is 17.8. The van der Waals surface area contributed by atoms with Crippen LogP contribution >= 0.6 is 0 Å². The highest BCUT2D eigenvalue weighted by Gasteiger charge is 2.42. The van der Waals surface area contributed by atoms with Crippen LogP contribution in [0, 0.1) is 17.3 Å². The molecule has 1 rings (SSSR count). The van der Waals surface area contributed by atoms with Gasteiger partial charge in [0, 0.05) is 0 Å². The number of carboxylic acid groups (broad SMARTS) is 2. The fourth-order valence-corrected chi connectivity index (χ4v) is 2.31. The van der Waals surface area contributed by atoms with Crippen LogP contribution in [0.2, 0.25) is 0 Å². The number of aliphatic carboxylic acids is 2. The lowest BCUT2D eigenvalue weighted by atomic mass is 9.65. The molecule has 0 spiro atoms. The van der Waals surface area contributed by atoms with Gasteiger partial charge in [-0.3, -0.25) is 9.59 Å². The van der Waals surface area contributed by atoms with Gasteiger partial charge in [-0.25, -0.2) is 0 Å². The monoisotopic (exact) mass is 200 g/mol. The lowest BCUT2D eigenvalue weighted by Crippen LogP contribution is -2.39. The molecule has 1 aliphatic carbocycles. The Morgan fingerprint density at radius 1 is 1.14 bits per heavy atom. The highest BCUT2D eigenvalue weighted by atomic mass is 16.4. The normalized spacial score (nSPS) is 31.0. The van der Waals surface area contributed by atoms with Crippen LogP contribution in [0.15, 0.2) is 0 Å². The number of hydrogen-bond donors (Lipinski definition) is 2. The van der Waals surface area contributed by atoms with Gasteiger partial charge in [-0.2, -0.15) is 0 Å². The second kappa shape index (κ2) is 3.59.